The van der Waals surface area contributed by atoms with Crippen LogP contribution in [0.4, 0.5) is 10.1 Å². The summed E-state index contributed by atoms with van der Waals surface area (Å²) < 4.78 is 29.7. The van der Waals surface area contributed by atoms with Gasteiger partial charge in [-0.1, -0.05) is 17.3 Å². The monoisotopic (exact) mass is 466 g/mol. The van der Waals surface area contributed by atoms with Crippen molar-refractivity contribution >= 4 is 17.5 Å². The topological polar surface area (TPSA) is 98.0 Å². The van der Waals surface area contributed by atoms with E-state index in [0.29, 0.717) is 55.0 Å². The van der Waals surface area contributed by atoms with Crippen LogP contribution in [0.5, 0.6) is 5.75 Å². The summed E-state index contributed by atoms with van der Waals surface area (Å²) in [5.74, 6) is 0.429. The molecule has 1 aromatic heterocycles. The summed E-state index contributed by atoms with van der Waals surface area (Å²) in [6.45, 7) is 2.10. The maximum absolute atomic E-state index is 13.2. The third kappa shape index (κ3) is 4.62. The Labute approximate surface area is 195 Å². The Morgan fingerprint density at radius 2 is 1.82 bits per heavy atom. The van der Waals surface area contributed by atoms with Crippen molar-refractivity contribution in [3.63, 3.8) is 0 Å². The summed E-state index contributed by atoms with van der Waals surface area (Å²) in [7, 11) is 0. The Morgan fingerprint density at radius 3 is 2.62 bits per heavy atom. The van der Waals surface area contributed by atoms with Crippen LogP contribution in [0, 0.1) is 5.82 Å². The Hall–Kier alpha value is -3.79. The van der Waals surface area contributed by atoms with Crippen molar-refractivity contribution in [2.75, 3.05) is 37.7 Å². The molecule has 0 radical (unpaired) electrons. The van der Waals surface area contributed by atoms with Crippen molar-refractivity contribution < 1.29 is 28.0 Å². The molecular weight excluding hydrogens is 443 g/mol. The van der Waals surface area contributed by atoms with E-state index in [1.54, 1.807) is 40.1 Å². The number of morpholine rings is 1. The molecule has 2 aliphatic rings. The second-order valence-corrected chi connectivity index (χ2v) is 8.03. The minimum atomic E-state index is -0.787. The highest BCUT2D eigenvalue weighted by Gasteiger charge is 2.36. The fraction of sp³-hybridized carbons (Fsp3) is 0.333. The zero-order chi connectivity index (χ0) is 23.5. The molecule has 34 heavy (non-hydrogen) atoms. The molecular formula is C24H23FN4O5. The van der Waals surface area contributed by atoms with Crippen LogP contribution in [0.1, 0.15) is 12.3 Å². The van der Waals surface area contributed by atoms with Gasteiger partial charge in [-0.15, -0.1) is 0 Å². The highest BCUT2D eigenvalue weighted by molar-refractivity contribution is 5.97. The lowest BCUT2D eigenvalue weighted by atomic mass is 10.1. The van der Waals surface area contributed by atoms with Gasteiger partial charge < -0.3 is 23.8 Å². The number of halogens is 1. The predicted octanol–water partition coefficient (Wildman–Crippen LogP) is 2.46. The second-order valence-electron chi connectivity index (χ2n) is 8.03. The quantitative estimate of drug-likeness (QED) is 0.570. The SMILES string of the molecule is O=C(C1CN(C(=O)CCc2nc(-c3ccc(F)cc3)no2)c2ccccc2O1)N1CCOCC1. The van der Waals surface area contributed by atoms with Crippen molar-refractivity contribution in [1.82, 2.24) is 15.0 Å². The lowest BCUT2D eigenvalue weighted by Gasteiger charge is -2.37. The van der Waals surface area contributed by atoms with Gasteiger partial charge in [0.15, 0.2) is 6.10 Å². The zero-order valence-electron chi connectivity index (χ0n) is 18.4. The van der Waals surface area contributed by atoms with E-state index in [-0.39, 0.29) is 37.0 Å². The standard InChI is InChI=1S/C24H23FN4O5/c25-17-7-5-16(6-8-17)23-26-21(34-27-23)9-10-22(30)29-15-20(24(31)28-11-13-32-14-12-28)33-19-4-2-1-3-18(19)29/h1-8,20H,9-15H2. The number of aryl methyl sites for hydroxylation is 1. The highest BCUT2D eigenvalue weighted by atomic mass is 19.1. The summed E-state index contributed by atoms with van der Waals surface area (Å²) in [4.78, 5) is 33.8. The van der Waals surface area contributed by atoms with Crippen molar-refractivity contribution in [2.24, 2.45) is 0 Å². The summed E-state index contributed by atoms with van der Waals surface area (Å²) in [6, 6.07) is 12.9. The molecule has 176 valence electrons. The van der Waals surface area contributed by atoms with Gasteiger partial charge in [0.2, 0.25) is 17.6 Å². The van der Waals surface area contributed by atoms with E-state index in [9.17, 15) is 14.0 Å². The molecule has 0 N–H and O–H groups in total. The summed E-state index contributed by atoms with van der Waals surface area (Å²) in [5, 5.41) is 3.92. The molecule has 1 unspecified atom stereocenters. The number of nitrogens with zero attached hydrogens (tertiary/aromatic N) is 4. The minimum Gasteiger partial charge on any atom is -0.476 e. The van der Waals surface area contributed by atoms with Crippen LogP contribution in [0.15, 0.2) is 53.1 Å². The van der Waals surface area contributed by atoms with E-state index in [0.717, 1.165) is 0 Å². The Kier molecular flexibility index (Phi) is 6.22. The third-order valence-electron chi connectivity index (χ3n) is 5.80. The van der Waals surface area contributed by atoms with Gasteiger partial charge in [0.05, 0.1) is 25.4 Å². The van der Waals surface area contributed by atoms with Crippen LogP contribution in [0.2, 0.25) is 0 Å². The predicted molar refractivity (Wildman–Crippen MR) is 119 cm³/mol. The number of carbonyl (C=O) groups is 2. The molecule has 9 nitrogen and oxygen atoms in total. The lowest BCUT2D eigenvalue weighted by Crippen LogP contribution is -2.54. The summed E-state index contributed by atoms with van der Waals surface area (Å²) in [6.07, 6.45) is -0.447. The number of rotatable bonds is 5. The van der Waals surface area contributed by atoms with E-state index in [1.165, 1.54) is 12.1 Å². The molecule has 1 fully saturated rings. The second kappa shape index (κ2) is 9.60. The average molecular weight is 466 g/mol. The maximum atomic E-state index is 13.2. The zero-order valence-corrected chi connectivity index (χ0v) is 18.4. The molecule has 1 atom stereocenters. The fourth-order valence-corrected chi connectivity index (χ4v) is 4.01. The van der Waals surface area contributed by atoms with Gasteiger partial charge in [-0.2, -0.15) is 4.98 Å². The Morgan fingerprint density at radius 1 is 1.06 bits per heavy atom. The van der Waals surface area contributed by atoms with E-state index >= 15 is 0 Å². The average Bonchev–Trinajstić information content (AvgIpc) is 3.36. The smallest absolute Gasteiger partial charge is 0.265 e. The molecule has 1 saturated heterocycles. The number of hydrogen-bond donors (Lipinski definition) is 0. The molecule has 0 spiro atoms. The van der Waals surface area contributed by atoms with E-state index in [1.807, 2.05) is 6.07 Å². The largest absolute Gasteiger partial charge is 0.476 e. The minimum absolute atomic E-state index is 0.109. The number of benzene rings is 2. The van der Waals surface area contributed by atoms with Gasteiger partial charge in [0, 0.05) is 31.5 Å². The van der Waals surface area contributed by atoms with Crippen molar-refractivity contribution in [1.29, 1.82) is 0 Å². The number of hydrogen-bond acceptors (Lipinski definition) is 7. The molecule has 2 aromatic carbocycles. The fourth-order valence-electron chi connectivity index (χ4n) is 4.01. The normalized spacial score (nSPS) is 17.7. The van der Waals surface area contributed by atoms with Gasteiger partial charge in [0.1, 0.15) is 11.6 Å². The number of ether oxygens (including phenoxy) is 2. The van der Waals surface area contributed by atoms with E-state index in [2.05, 4.69) is 10.1 Å². The first kappa shape index (κ1) is 22.0. The number of anilines is 1. The molecule has 3 aromatic rings. The van der Waals surface area contributed by atoms with Gasteiger partial charge in [-0.05, 0) is 36.4 Å². The van der Waals surface area contributed by atoms with Crippen LogP contribution in [0.25, 0.3) is 11.4 Å². The first-order valence-corrected chi connectivity index (χ1v) is 11.1. The first-order valence-electron chi connectivity index (χ1n) is 11.1. The molecule has 2 aliphatic heterocycles. The maximum Gasteiger partial charge on any atom is 0.265 e. The van der Waals surface area contributed by atoms with Gasteiger partial charge >= 0.3 is 0 Å². The Bertz CT molecular complexity index is 1180. The van der Waals surface area contributed by atoms with Crippen LogP contribution >= 0.6 is 0 Å². The Balaban J connectivity index is 1.27. The molecule has 3 heterocycles. The summed E-state index contributed by atoms with van der Waals surface area (Å²) >= 11 is 0. The third-order valence-corrected chi connectivity index (χ3v) is 5.80. The molecule has 5 rings (SSSR count). The van der Waals surface area contributed by atoms with Gasteiger partial charge in [-0.3, -0.25) is 9.59 Å². The number of para-hydroxylation sites is 2. The van der Waals surface area contributed by atoms with Gasteiger partial charge in [-0.25, -0.2) is 4.39 Å². The van der Waals surface area contributed by atoms with E-state index < -0.39 is 6.10 Å². The molecule has 0 saturated carbocycles. The van der Waals surface area contributed by atoms with Crippen LogP contribution < -0.4 is 9.64 Å². The van der Waals surface area contributed by atoms with Crippen LogP contribution in [-0.2, 0) is 20.7 Å². The van der Waals surface area contributed by atoms with Crippen molar-refractivity contribution in [3.05, 3.63) is 60.2 Å². The lowest BCUT2D eigenvalue weighted by molar-refractivity contribution is -0.142. The summed E-state index contributed by atoms with van der Waals surface area (Å²) in [5.41, 5.74) is 1.24. The number of fused-ring (bicyclic) bond motifs is 1. The first-order chi connectivity index (χ1) is 16.6. The highest BCUT2D eigenvalue weighted by Crippen LogP contribution is 2.34. The van der Waals surface area contributed by atoms with Crippen molar-refractivity contribution in [3.8, 4) is 17.1 Å². The molecule has 2 amide bonds. The van der Waals surface area contributed by atoms with Crippen LogP contribution in [0.3, 0.4) is 0 Å². The van der Waals surface area contributed by atoms with Crippen molar-refractivity contribution in [2.45, 2.75) is 18.9 Å². The van der Waals surface area contributed by atoms with E-state index in [4.69, 9.17) is 14.0 Å². The van der Waals surface area contributed by atoms with Crippen LogP contribution in [-0.4, -0.2) is 65.8 Å². The molecule has 0 aliphatic carbocycles. The van der Waals surface area contributed by atoms with Gasteiger partial charge in [0.25, 0.3) is 5.91 Å². The number of amides is 2. The number of aromatic nitrogens is 2. The molecule has 10 heteroatoms. The molecule has 0 bridgehead atoms. The number of carbonyl (C=O) groups excluding carboxylic acids is 2.